The summed E-state index contributed by atoms with van der Waals surface area (Å²) in [5.74, 6) is 1.37. The monoisotopic (exact) mass is 393 g/mol. The minimum Gasteiger partial charge on any atom is -0.493 e. The van der Waals surface area contributed by atoms with E-state index in [4.69, 9.17) is 14.2 Å². The molecular weight excluding hydrogens is 366 g/mol. The summed E-state index contributed by atoms with van der Waals surface area (Å²) in [6.07, 6.45) is 6.57. The van der Waals surface area contributed by atoms with Crippen LogP contribution in [0, 0.1) is 0 Å². The number of carbonyl (C=O) groups is 1. The molecule has 3 rings (SSSR count). The van der Waals surface area contributed by atoms with Gasteiger partial charge in [-0.05, 0) is 37.1 Å². The predicted molar refractivity (Wildman–Crippen MR) is 116 cm³/mol. The number of fused-ring (bicyclic) bond motifs is 1. The minimum absolute atomic E-state index is 0.0389. The third-order valence-corrected chi connectivity index (χ3v) is 4.97. The van der Waals surface area contributed by atoms with E-state index in [1.54, 1.807) is 33.5 Å². The fourth-order valence-electron chi connectivity index (χ4n) is 3.42. The fraction of sp³-hybridized carbons (Fsp3) is 0.292. The summed E-state index contributed by atoms with van der Waals surface area (Å²) in [5, 5.41) is 1.10. The molecule has 0 saturated carbocycles. The molecule has 0 atom stereocenters. The number of ketones is 1. The Bertz CT molecular complexity index is 1010. The van der Waals surface area contributed by atoms with Gasteiger partial charge in [0, 0.05) is 33.8 Å². The van der Waals surface area contributed by atoms with Crippen molar-refractivity contribution in [2.24, 2.45) is 0 Å². The fourth-order valence-corrected chi connectivity index (χ4v) is 3.42. The van der Waals surface area contributed by atoms with Gasteiger partial charge in [0.15, 0.2) is 17.3 Å². The molecule has 0 aliphatic carbocycles. The van der Waals surface area contributed by atoms with Gasteiger partial charge in [0.25, 0.3) is 0 Å². The van der Waals surface area contributed by atoms with Crippen molar-refractivity contribution in [3.63, 3.8) is 0 Å². The lowest BCUT2D eigenvalue weighted by atomic mass is 9.96. The number of para-hydroxylation sites is 1. The molecule has 5 heteroatoms. The molecule has 2 aromatic carbocycles. The van der Waals surface area contributed by atoms with Crippen molar-refractivity contribution in [2.75, 3.05) is 21.3 Å². The van der Waals surface area contributed by atoms with Crippen molar-refractivity contribution in [2.45, 2.75) is 26.2 Å². The second kappa shape index (κ2) is 9.32. The molecule has 0 saturated heterocycles. The van der Waals surface area contributed by atoms with Crippen LogP contribution in [0.5, 0.6) is 17.2 Å². The van der Waals surface area contributed by atoms with E-state index < -0.39 is 0 Å². The van der Waals surface area contributed by atoms with E-state index in [-0.39, 0.29) is 5.78 Å². The second-order valence-electron chi connectivity index (χ2n) is 6.81. The van der Waals surface area contributed by atoms with E-state index in [1.807, 2.05) is 30.5 Å². The van der Waals surface area contributed by atoms with Crippen molar-refractivity contribution in [3.05, 3.63) is 59.3 Å². The maximum atomic E-state index is 13.4. The van der Waals surface area contributed by atoms with Crippen LogP contribution in [0.15, 0.2) is 48.2 Å². The van der Waals surface area contributed by atoms with Gasteiger partial charge in [-0.25, -0.2) is 0 Å². The van der Waals surface area contributed by atoms with Crippen LogP contribution >= 0.6 is 0 Å². The van der Waals surface area contributed by atoms with Crippen LogP contribution in [0.2, 0.25) is 0 Å². The first kappa shape index (κ1) is 20.5. The first-order valence-electron chi connectivity index (χ1n) is 9.74. The molecule has 5 nitrogen and oxygen atoms in total. The largest absolute Gasteiger partial charge is 0.493 e. The minimum atomic E-state index is -0.0389. The summed E-state index contributed by atoms with van der Waals surface area (Å²) in [6.45, 7) is 2.12. The van der Waals surface area contributed by atoms with Gasteiger partial charge < -0.3 is 19.2 Å². The Labute approximate surface area is 171 Å². The average molecular weight is 393 g/mol. The zero-order valence-electron chi connectivity index (χ0n) is 17.4. The molecule has 0 aliphatic heterocycles. The van der Waals surface area contributed by atoms with Gasteiger partial charge in [-0.1, -0.05) is 31.5 Å². The lowest BCUT2D eigenvalue weighted by Crippen LogP contribution is -2.06. The van der Waals surface area contributed by atoms with Crippen LogP contribution in [-0.4, -0.2) is 32.1 Å². The molecule has 0 unspecified atom stereocenters. The summed E-state index contributed by atoms with van der Waals surface area (Å²) in [4.78, 5) is 16.7. The number of carbonyl (C=O) groups excluding carboxylic acids is 1. The molecule has 29 heavy (non-hydrogen) atoms. The highest BCUT2D eigenvalue weighted by Gasteiger charge is 2.19. The number of hydrogen-bond acceptors (Lipinski definition) is 4. The van der Waals surface area contributed by atoms with Gasteiger partial charge in [0.05, 0.1) is 21.3 Å². The summed E-state index contributed by atoms with van der Waals surface area (Å²) >= 11 is 0. The van der Waals surface area contributed by atoms with Crippen LogP contribution in [0.4, 0.5) is 0 Å². The molecule has 0 fully saturated rings. The van der Waals surface area contributed by atoms with Gasteiger partial charge in [-0.3, -0.25) is 4.79 Å². The van der Waals surface area contributed by atoms with E-state index in [2.05, 4.69) is 18.0 Å². The third kappa shape index (κ3) is 4.29. The molecule has 1 N–H and O–H groups in total. The van der Waals surface area contributed by atoms with Crippen molar-refractivity contribution in [3.8, 4) is 17.2 Å². The topological polar surface area (TPSA) is 60.6 Å². The van der Waals surface area contributed by atoms with Gasteiger partial charge in [-0.2, -0.15) is 0 Å². The molecule has 0 amide bonds. The SMILES string of the molecule is CCCC/C(=C\c1c[nH]c2ccccc12)C(=O)c1cc(OC)c(OC)c(OC)c1. The zero-order chi connectivity index (χ0) is 20.8. The zero-order valence-corrected chi connectivity index (χ0v) is 17.4. The van der Waals surface area contributed by atoms with E-state index in [9.17, 15) is 4.79 Å². The number of aromatic nitrogens is 1. The van der Waals surface area contributed by atoms with Crippen molar-refractivity contribution in [1.29, 1.82) is 0 Å². The number of allylic oxidation sites excluding steroid dienone is 1. The normalized spacial score (nSPS) is 11.5. The highest BCUT2D eigenvalue weighted by molar-refractivity contribution is 6.12. The summed E-state index contributed by atoms with van der Waals surface area (Å²) in [7, 11) is 4.64. The number of H-pyrrole nitrogens is 1. The molecular formula is C24H27NO4. The number of methoxy groups -OCH3 is 3. The molecule has 0 aliphatic rings. The number of unbranched alkanes of at least 4 members (excludes halogenated alkanes) is 1. The smallest absolute Gasteiger partial charge is 0.203 e. The number of ether oxygens (including phenoxy) is 3. The maximum Gasteiger partial charge on any atom is 0.203 e. The van der Waals surface area contributed by atoms with Crippen LogP contribution < -0.4 is 14.2 Å². The third-order valence-electron chi connectivity index (χ3n) is 4.97. The van der Waals surface area contributed by atoms with Crippen LogP contribution in [0.25, 0.3) is 17.0 Å². The molecule has 0 radical (unpaired) electrons. The maximum absolute atomic E-state index is 13.4. The van der Waals surface area contributed by atoms with E-state index in [0.717, 1.165) is 34.9 Å². The predicted octanol–water partition coefficient (Wildman–Crippen LogP) is 5.65. The Morgan fingerprint density at radius 1 is 1.03 bits per heavy atom. The Morgan fingerprint density at radius 2 is 1.72 bits per heavy atom. The molecule has 152 valence electrons. The molecule has 1 aromatic heterocycles. The van der Waals surface area contributed by atoms with E-state index >= 15 is 0 Å². The van der Waals surface area contributed by atoms with Crippen molar-refractivity contribution < 1.29 is 19.0 Å². The Hall–Kier alpha value is -3.21. The quantitative estimate of drug-likeness (QED) is 0.377. The highest BCUT2D eigenvalue weighted by atomic mass is 16.5. The molecule has 1 heterocycles. The first-order valence-corrected chi connectivity index (χ1v) is 9.74. The molecule has 0 bridgehead atoms. The molecule has 0 spiro atoms. The number of hydrogen-bond donors (Lipinski definition) is 1. The summed E-state index contributed by atoms with van der Waals surface area (Å²) < 4.78 is 16.2. The van der Waals surface area contributed by atoms with Gasteiger partial charge in [0.1, 0.15) is 0 Å². The summed E-state index contributed by atoms with van der Waals surface area (Å²) in [6, 6.07) is 11.5. The number of aromatic amines is 1. The van der Waals surface area contributed by atoms with E-state index in [0.29, 0.717) is 29.2 Å². The highest BCUT2D eigenvalue weighted by Crippen LogP contribution is 2.39. The first-order chi connectivity index (χ1) is 14.1. The summed E-state index contributed by atoms with van der Waals surface area (Å²) in [5.41, 5.74) is 3.33. The van der Waals surface area contributed by atoms with Gasteiger partial charge >= 0.3 is 0 Å². The Kier molecular flexibility index (Phi) is 6.60. The Balaban J connectivity index is 2.06. The number of Topliss-reactive ketones (excluding diaryl/α,β-unsaturated/α-hetero) is 1. The number of rotatable bonds is 9. The number of nitrogens with one attached hydrogen (secondary N) is 1. The van der Waals surface area contributed by atoms with E-state index in [1.165, 1.54) is 0 Å². The van der Waals surface area contributed by atoms with Crippen molar-refractivity contribution >= 4 is 22.8 Å². The lowest BCUT2D eigenvalue weighted by Gasteiger charge is -2.14. The number of benzene rings is 2. The van der Waals surface area contributed by atoms with Crippen molar-refractivity contribution in [1.82, 2.24) is 4.98 Å². The van der Waals surface area contributed by atoms with Crippen LogP contribution in [0.3, 0.4) is 0 Å². The second-order valence-corrected chi connectivity index (χ2v) is 6.81. The van der Waals surface area contributed by atoms with Gasteiger partial charge in [-0.15, -0.1) is 0 Å². The van der Waals surface area contributed by atoms with Crippen LogP contribution in [0.1, 0.15) is 42.1 Å². The Morgan fingerprint density at radius 3 is 2.34 bits per heavy atom. The lowest BCUT2D eigenvalue weighted by molar-refractivity contribution is 0.103. The molecule has 3 aromatic rings. The standard InChI is InChI=1S/C24H27NO4/c1-5-6-9-16(12-18-15-25-20-11-8-7-10-19(18)20)23(26)17-13-21(27-2)24(29-4)22(14-17)28-3/h7-8,10-15,25H,5-6,9H2,1-4H3/b16-12+. The van der Waals surface area contributed by atoms with Crippen LogP contribution in [-0.2, 0) is 0 Å². The van der Waals surface area contributed by atoms with Gasteiger partial charge in [0.2, 0.25) is 5.75 Å². The average Bonchev–Trinajstić information content (AvgIpc) is 3.17.